The van der Waals surface area contributed by atoms with E-state index in [9.17, 15) is 15.0 Å². The zero-order valence-electron chi connectivity index (χ0n) is 16.4. The van der Waals surface area contributed by atoms with Crippen LogP contribution in [0.25, 0.3) is 0 Å². The maximum atomic E-state index is 10.5. The monoisotopic (exact) mass is 381 g/mol. The van der Waals surface area contributed by atoms with E-state index in [4.69, 9.17) is 9.94 Å². The molecule has 5 atom stereocenters. The van der Waals surface area contributed by atoms with Crippen LogP contribution in [0.1, 0.15) is 71.1 Å². The molecule has 0 amide bonds. The zero-order valence-corrected chi connectivity index (χ0v) is 16.4. The summed E-state index contributed by atoms with van der Waals surface area (Å²) < 4.78 is 0. The molecule has 0 saturated heterocycles. The maximum absolute atomic E-state index is 10.5. The lowest BCUT2D eigenvalue weighted by atomic mass is 9.73. The van der Waals surface area contributed by atoms with Crippen molar-refractivity contribution in [3.63, 3.8) is 0 Å². The number of unbranched alkanes of at least 4 members (excludes halogenated alkanes) is 4. The largest absolute Gasteiger partial charge is 0.481 e. The summed E-state index contributed by atoms with van der Waals surface area (Å²) in [6.45, 7) is 2.50. The highest BCUT2D eigenvalue weighted by molar-refractivity contribution is 5.93. The highest BCUT2D eigenvalue weighted by atomic mass is 16.6. The Balaban J connectivity index is 1.67. The van der Waals surface area contributed by atoms with Crippen LogP contribution in [0.5, 0.6) is 0 Å². The van der Waals surface area contributed by atoms with Crippen molar-refractivity contribution in [1.29, 1.82) is 0 Å². The van der Waals surface area contributed by atoms with E-state index in [-0.39, 0.29) is 30.3 Å². The second-order valence-corrected chi connectivity index (χ2v) is 7.93. The minimum absolute atomic E-state index is 0.0643. The average Bonchev–Trinajstić information content (AvgIpc) is 2.86. The van der Waals surface area contributed by atoms with Gasteiger partial charge in [0, 0.05) is 18.3 Å². The average molecular weight is 382 g/mol. The molecule has 2 aliphatic rings. The zero-order chi connectivity index (χ0) is 19.6. The molecule has 0 heterocycles. The number of hydrogen-bond acceptors (Lipinski definition) is 5. The fourth-order valence-electron chi connectivity index (χ4n) is 4.08. The van der Waals surface area contributed by atoms with E-state index in [1.165, 1.54) is 25.7 Å². The lowest BCUT2D eigenvalue weighted by Gasteiger charge is -2.33. The first-order valence-corrected chi connectivity index (χ1v) is 10.5. The van der Waals surface area contributed by atoms with Gasteiger partial charge in [0.2, 0.25) is 0 Å². The Morgan fingerprint density at radius 2 is 2.07 bits per heavy atom. The van der Waals surface area contributed by atoms with Gasteiger partial charge in [0.1, 0.15) is 6.61 Å². The first-order chi connectivity index (χ1) is 13.0. The SMILES string of the molecule is CCCCCCCC(O)C=CC1C[C@@H]2C(=NOCCCC(=O)O)C[C@H]2C1O. The topological polar surface area (TPSA) is 99.4 Å². The van der Waals surface area contributed by atoms with Gasteiger partial charge in [-0.2, -0.15) is 0 Å². The molecule has 154 valence electrons. The van der Waals surface area contributed by atoms with Crippen LogP contribution in [0, 0.1) is 17.8 Å². The Bertz CT molecular complexity index is 519. The van der Waals surface area contributed by atoms with Crippen LogP contribution in [0.3, 0.4) is 0 Å². The summed E-state index contributed by atoms with van der Waals surface area (Å²) in [5.41, 5.74) is 0.974. The van der Waals surface area contributed by atoms with Crippen LogP contribution in [-0.4, -0.2) is 45.8 Å². The quantitative estimate of drug-likeness (QED) is 0.257. The summed E-state index contributed by atoms with van der Waals surface area (Å²) in [5.74, 6) is -0.284. The number of aliphatic carboxylic acids is 1. The van der Waals surface area contributed by atoms with Crippen molar-refractivity contribution in [3.05, 3.63) is 12.2 Å². The van der Waals surface area contributed by atoms with Crippen molar-refractivity contribution >= 4 is 11.7 Å². The molecule has 2 rings (SSSR count). The third-order valence-electron chi connectivity index (χ3n) is 5.79. The molecule has 27 heavy (non-hydrogen) atoms. The molecule has 3 unspecified atom stereocenters. The molecule has 0 aromatic heterocycles. The first-order valence-electron chi connectivity index (χ1n) is 10.5. The number of nitrogens with zero attached hydrogens (tertiary/aromatic N) is 1. The van der Waals surface area contributed by atoms with Gasteiger partial charge in [-0.3, -0.25) is 4.79 Å². The molecule has 0 aromatic rings. The predicted molar refractivity (Wildman–Crippen MR) is 104 cm³/mol. The molecule has 2 aliphatic carbocycles. The Hall–Kier alpha value is -1.40. The van der Waals surface area contributed by atoms with E-state index in [2.05, 4.69) is 12.1 Å². The summed E-state index contributed by atoms with van der Waals surface area (Å²) in [5, 5.41) is 33.3. The number of rotatable bonds is 13. The third-order valence-corrected chi connectivity index (χ3v) is 5.79. The summed E-state index contributed by atoms with van der Waals surface area (Å²) in [6.07, 6.45) is 11.8. The van der Waals surface area contributed by atoms with E-state index >= 15 is 0 Å². The van der Waals surface area contributed by atoms with Crippen LogP contribution in [0.4, 0.5) is 0 Å². The lowest BCUT2D eigenvalue weighted by Crippen LogP contribution is -2.38. The molecule has 0 aromatic carbocycles. The summed E-state index contributed by atoms with van der Waals surface area (Å²) in [6, 6.07) is 0. The van der Waals surface area contributed by atoms with Gasteiger partial charge < -0.3 is 20.2 Å². The summed E-state index contributed by atoms with van der Waals surface area (Å²) in [7, 11) is 0. The van der Waals surface area contributed by atoms with Gasteiger partial charge in [-0.15, -0.1) is 0 Å². The van der Waals surface area contributed by atoms with Gasteiger partial charge in [0.15, 0.2) is 0 Å². The van der Waals surface area contributed by atoms with Crippen LogP contribution in [-0.2, 0) is 9.63 Å². The minimum atomic E-state index is -0.827. The number of aliphatic hydroxyl groups is 2. The lowest BCUT2D eigenvalue weighted by molar-refractivity contribution is -0.137. The van der Waals surface area contributed by atoms with Crippen LogP contribution < -0.4 is 0 Å². The highest BCUT2D eigenvalue weighted by Gasteiger charge is 2.51. The second kappa shape index (κ2) is 11.4. The molecule has 0 bridgehead atoms. The number of carboxylic acid groups (broad SMARTS) is 1. The molecule has 6 heteroatoms. The van der Waals surface area contributed by atoms with Gasteiger partial charge in [0.25, 0.3) is 0 Å². The summed E-state index contributed by atoms with van der Waals surface area (Å²) in [4.78, 5) is 15.7. The first kappa shape index (κ1) is 21.9. The Morgan fingerprint density at radius 1 is 1.30 bits per heavy atom. The number of carbonyl (C=O) groups is 1. The van der Waals surface area contributed by atoms with E-state index in [0.717, 1.165) is 31.4 Å². The van der Waals surface area contributed by atoms with E-state index in [1.54, 1.807) is 0 Å². The standard InChI is InChI=1S/C21H35NO5/c1-2-3-4-5-6-8-16(23)11-10-15-13-17-18(21(15)26)14-19(17)22-27-12-7-9-20(24)25/h10-11,15-18,21,23,26H,2-9,12-14H2,1H3,(H,24,25)/t15?,16?,17-,18+,21?/m0/s1. The molecule has 0 radical (unpaired) electrons. The fraction of sp³-hybridized carbons (Fsp3) is 0.810. The van der Waals surface area contributed by atoms with Crippen molar-refractivity contribution in [3.8, 4) is 0 Å². The number of fused-ring (bicyclic) bond motifs is 1. The molecule has 3 N–H and O–H groups in total. The smallest absolute Gasteiger partial charge is 0.303 e. The van der Waals surface area contributed by atoms with E-state index < -0.39 is 12.1 Å². The maximum Gasteiger partial charge on any atom is 0.303 e. The summed E-state index contributed by atoms with van der Waals surface area (Å²) >= 11 is 0. The number of hydrogen-bond donors (Lipinski definition) is 3. The highest BCUT2D eigenvalue weighted by Crippen LogP contribution is 2.48. The Kier molecular flexibility index (Phi) is 9.28. The van der Waals surface area contributed by atoms with Crippen LogP contribution >= 0.6 is 0 Å². The Labute approximate surface area is 162 Å². The second-order valence-electron chi connectivity index (χ2n) is 7.93. The van der Waals surface area contributed by atoms with Gasteiger partial charge in [-0.05, 0) is 31.6 Å². The number of aliphatic hydroxyl groups excluding tert-OH is 2. The molecular weight excluding hydrogens is 346 g/mol. The number of oxime groups is 1. The minimum Gasteiger partial charge on any atom is -0.481 e. The molecule has 0 spiro atoms. The van der Waals surface area contributed by atoms with Crippen molar-refractivity contribution in [2.45, 2.75) is 83.3 Å². The molecule has 0 aliphatic heterocycles. The van der Waals surface area contributed by atoms with E-state index in [1.807, 2.05) is 12.2 Å². The van der Waals surface area contributed by atoms with Crippen LogP contribution in [0.15, 0.2) is 17.3 Å². The van der Waals surface area contributed by atoms with E-state index in [0.29, 0.717) is 13.0 Å². The van der Waals surface area contributed by atoms with Crippen molar-refractivity contribution in [1.82, 2.24) is 0 Å². The van der Waals surface area contributed by atoms with Gasteiger partial charge in [-0.1, -0.05) is 56.3 Å². The van der Waals surface area contributed by atoms with Gasteiger partial charge in [-0.25, -0.2) is 0 Å². The fourth-order valence-corrected chi connectivity index (χ4v) is 4.08. The van der Waals surface area contributed by atoms with Gasteiger partial charge >= 0.3 is 5.97 Å². The predicted octanol–water partition coefficient (Wildman–Crippen LogP) is 3.52. The van der Waals surface area contributed by atoms with Crippen molar-refractivity contribution in [2.75, 3.05) is 6.61 Å². The molecule has 6 nitrogen and oxygen atoms in total. The normalized spacial score (nSPS) is 29.7. The van der Waals surface area contributed by atoms with Crippen molar-refractivity contribution < 1.29 is 25.0 Å². The third kappa shape index (κ3) is 6.92. The van der Waals surface area contributed by atoms with Crippen molar-refractivity contribution in [2.24, 2.45) is 22.9 Å². The van der Waals surface area contributed by atoms with Crippen LogP contribution in [0.2, 0.25) is 0 Å². The molecule has 2 fully saturated rings. The Morgan fingerprint density at radius 3 is 2.81 bits per heavy atom. The number of carboxylic acids is 1. The van der Waals surface area contributed by atoms with Gasteiger partial charge in [0.05, 0.1) is 17.9 Å². The molecule has 2 saturated carbocycles. The molecular formula is C21H35NO5.